The van der Waals surface area contributed by atoms with E-state index in [4.69, 9.17) is 4.74 Å². The van der Waals surface area contributed by atoms with E-state index in [0.29, 0.717) is 5.92 Å². The van der Waals surface area contributed by atoms with Gasteiger partial charge >= 0.3 is 0 Å². The first-order chi connectivity index (χ1) is 9.24. The molecule has 1 aromatic carbocycles. The summed E-state index contributed by atoms with van der Waals surface area (Å²) in [7, 11) is 0. The largest absolute Gasteiger partial charge is 0.356 e. The van der Waals surface area contributed by atoms with E-state index in [1.165, 1.54) is 29.3 Å². The summed E-state index contributed by atoms with van der Waals surface area (Å²) in [5.41, 5.74) is 2.59. The highest BCUT2D eigenvalue weighted by molar-refractivity contribution is 5.79. The quantitative estimate of drug-likeness (QED) is 0.834. The molecule has 1 unspecified atom stereocenters. The van der Waals surface area contributed by atoms with E-state index in [1.807, 2.05) is 10.9 Å². The summed E-state index contributed by atoms with van der Waals surface area (Å²) in [5, 5.41) is 5.76. The number of fused-ring (bicyclic) bond motifs is 1. The third-order valence-electron chi connectivity index (χ3n) is 3.73. The van der Waals surface area contributed by atoms with Crippen LogP contribution in [0.5, 0.6) is 0 Å². The first-order valence-corrected chi connectivity index (χ1v) is 7.32. The Hall–Kier alpha value is -1.35. The molecule has 1 aliphatic heterocycles. The molecule has 1 saturated heterocycles. The number of rotatable bonds is 3. The van der Waals surface area contributed by atoms with Gasteiger partial charge in [-0.2, -0.15) is 5.10 Å². The molecule has 1 atom stereocenters. The topological polar surface area (TPSA) is 27.1 Å². The molecule has 2 heterocycles. The fourth-order valence-electron chi connectivity index (χ4n) is 2.85. The SMILES string of the molecule is CC(C)Cc1ccc2c(cnn2C2CCCCO2)c1. The standard InChI is InChI=1S/C16H22N2O/c1-12(2)9-13-6-7-15-14(10-13)11-17-18(15)16-5-3-4-8-19-16/h6-7,10-12,16H,3-5,8-9H2,1-2H3. The van der Waals surface area contributed by atoms with Gasteiger partial charge in [-0.15, -0.1) is 0 Å². The van der Waals surface area contributed by atoms with E-state index in [9.17, 15) is 0 Å². The lowest BCUT2D eigenvalue weighted by molar-refractivity contribution is -0.0366. The number of hydrogen-bond acceptors (Lipinski definition) is 2. The van der Waals surface area contributed by atoms with E-state index >= 15 is 0 Å². The Labute approximate surface area is 114 Å². The van der Waals surface area contributed by atoms with Crippen LogP contribution in [0.2, 0.25) is 0 Å². The molecule has 0 radical (unpaired) electrons. The Morgan fingerprint density at radius 2 is 2.26 bits per heavy atom. The Morgan fingerprint density at radius 3 is 3.00 bits per heavy atom. The van der Waals surface area contributed by atoms with Crippen LogP contribution in [-0.2, 0) is 11.2 Å². The lowest BCUT2D eigenvalue weighted by Gasteiger charge is -2.23. The number of aromatic nitrogens is 2. The maximum absolute atomic E-state index is 5.83. The fourth-order valence-corrected chi connectivity index (χ4v) is 2.85. The van der Waals surface area contributed by atoms with Gasteiger partial charge in [0.15, 0.2) is 6.23 Å². The van der Waals surface area contributed by atoms with Crippen LogP contribution in [0.3, 0.4) is 0 Å². The second kappa shape index (κ2) is 5.33. The zero-order valence-electron chi connectivity index (χ0n) is 11.8. The van der Waals surface area contributed by atoms with Gasteiger partial charge in [0.25, 0.3) is 0 Å². The third-order valence-corrected chi connectivity index (χ3v) is 3.73. The summed E-state index contributed by atoms with van der Waals surface area (Å²) in [6.07, 6.45) is 6.70. The number of benzene rings is 1. The van der Waals surface area contributed by atoms with E-state index in [-0.39, 0.29) is 6.23 Å². The maximum Gasteiger partial charge on any atom is 0.150 e. The molecule has 2 aromatic rings. The van der Waals surface area contributed by atoms with Crippen molar-refractivity contribution >= 4 is 10.9 Å². The van der Waals surface area contributed by atoms with Crippen molar-refractivity contribution < 1.29 is 4.74 Å². The Balaban J connectivity index is 1.90. The molecule has 102 valence electrons. The zero-order valence-corrected chi connectivity index (χ0v) is 11.8. The Kier molecular flexibility index (Phi) is 3.56. The molecule has 0 aliphatic carbocycles. The molecule has 1 fully saturated rings. The summed E-state index contributed by atoms with van der Waals surface area (Å²) in [4.78, 5) is 0. The van der Waals surface area contributed by atoms with Crippen molar-refractivity contribution in [1.82, 2.24) is 9.78 Å². The molecule has 1 aromatic heterocycles. The molecule has 0 saturated carbocycles. The van der Waals surface area contributed by atoms with Gasteiger partial charge in [-0.3, -0.25) is 0 Å². The minimum Gasteiger partial charge on any atom is -0.356 e. The highest BCUT2D eigenvalue weighted by Gasteiger charge is 2.18. The van der Waals surface area contributed by atoms with Crippen LogP contribution in [0.25, 0.3) is 10.9 Å². The molecule has 3 heteroatoms. The highest BCUT2D eigenvalue weighted by Crippen LogP contribution is 2.26. The van der Waals surface area contributed by atoms with Gasteiger partial charge < -0.3 is 4.74 Å². The van der Waals surface area contributed by atoms with Crippen molar-refractivity contribution in [2.24, 2.45) is 5.92 Å². The van der Waals surface area contributed by atoms with Gasteiger partial charge in [0, 0.05) is 12.0 Å². The monoisotopic (exact) mass is 258 g/mol. The summed E-state index contributed by atoms with van der Waals surface area (Å²) >= 11 is 0. The first-order valence-electron chi connectivity index (χ1n) is 7.32. The van der Waals surface area contributed by atoms with E-state index in [2.05, 4.69) is 37.1 Å². The van der Waals surface area contributed by atoms with E-state index in [0.717, 1.165) is 19.4 Å². The Bertz CT molecular complexity index is 553. The summed E-state index contributed by atoms with van der Waals surface area (Å²) in [6, 6.07) is 6.68. The number of nitrogens with zero attached hydrogens (tertiary/aromatic N) is 2. The predicted molar refractivity (Wildman–Crippen MR) is 77.1 cm³/mol. The molecule has 0 N–H and O–H groups in total. The second-order valence-corrected chi connectivity index (χ2v) is 5.90. The third kappa shape index (κ3) is 2.66. The Morgan fingerprint density at radius 1 is 1.37 bits per heavy atom. The lowest BCUT2D eigenvalue weighted by Crippen LogP contribution is -2.18. The van der Waals surface area contributed by atoms with E-state index in [1.54, 1.807) is 0 Å². The van der Waals surface area contributed by atoms with Gasteiger partial charge in [0.1, 0.15) is 0 Å². The molecule has 3 rings (SSSR count). The summed E-state index contributed by atoms with van der Waals surface area (Å²) in [5.74, 6) is 0.689. The van der Waals surface area contributed by atoms with Crippen LogP contribution < -0.4 is 0 Å². The molecule has 3 nitrogen and oxygen atoms in total. The van der Waals surface area contributed by atoms with Crippen molar-refractivity contribution in [2.75, 3.05) is 6.61 Å². The molecule has 0 bridgehead atoms. The van der Waals surface area contributed by atoms with Gasteiger partial charge in [-0.25, -0.2) is 4.68 Å². The normalized spacial score (nSPS) is 20.3. The molecule has 0 spiro atoms. The molecule has 19 heavy (non-hydrogen) atoms. The summed E-state index contributed by atoms with van der Waals surface area (Å²) in [6.45, 7) is 5.37. The molecule has 1 aliphatic rings. The van der Waals surface area contributed by atoms with Gasteiger partial charge in [0.2, 0.25) is 0 Å². The van der Waals surface area contributed by atoms with Crippen molar-refractivity contribution in [2.45, 2.75) is 45.8 Å². The lowest BCUT2D eigenvalue weighted by atomic mass is 10.0. The van der Waals surface area contributed by atoms with Gasteiger partial charge in [-0.05, 0) is 49.3 Å². The number of ether oxygens (including phenoxy) is 1. The minimum atomic E-state index is 0.127. The first kappa shape index (κ1) is 12.7. The van der Waals surface area contributed by atoms with Crippen LogP contribution in [0.15, 0.2) is 24.4 Å². The van der Waals surface area contributed by atoms with Crippen LogP contribution in [0.1, 0.15) is 44.9 Å². The molecular formula is C16H22N2O. The predicted octanol–water partition coefficient (Wildman–Crippen LogP) is 3.93. The van der Waals surface area contributed by atoms with Crippen LogP contribution >= 0.6 is 0 Å². The second-order valence-electron chi connectivity index (χ2n) is 5.90. The van der Waals surface area contributed by atoms with Gasteiger partial charge in [0.05, 0.1) is 11.7 Å². The van der Waals surface area contributed by atoms with Crippen molar-refractivity contribution in [3.63, 3.8) is 0 Å². The smallest absolute Gasteiger partial charge is 0.150 e. The van der Waals surface area contributed by atoms with Crippen LogP contribution in [0, 0.1) is 5.92 Å². The zero-order chi connectivity index (χ0) is 13.2. The number of hydrogen-bond donors (Lipinski definition) is 0. The van der Waals surface area contributed by atoms with Gasteiger partial charge in [-0.1, -0.05) is 19.9 Å². The summed E-state index contributed by atoms with van der Waals surface area (Å²) < 4.78 is 7.87. The van der Waals surface area contributed by atoms with Crippen LogP contribution in [0.4, 0.5) is 0 Å². The van der Waals surface area contributed by atoms with Crippen molar-refractivity contribution in [3.8, 4) is 0 Å². The van der Waals surface area contributed by atoms with Crippen LogP contribution in [-0.4, -0.2) is 16.4 Å². The minimum absolute atomic E-state index is 0.127. The van der Waals surface area contributed by atoms with Crippen molar-refractivity contribution in [1.29, 1.82) is 0 Å². The van der Waals surface area contributed by atoms with Crippen molar-refractivity contribution in [3.05, 3.63) is 30.0 Å². The van der Waals surface area contributed by atoms with E-state index < -0.39 is 0 Å². The fraction of sp³-hybridized carbons (Fsp3) is 0.562. The molecule has 0 amide bonds. The average Bonchev–Trinajstić information content (AvgIpc) is 2.82. The molecular weight excluding hydrogens is 236 g/mol. The maximum atomic E-state index is 5.83. The highest BCUT2D eigenvalue weighted by atomic mass is 16.5. The average molecular weight is 258 g/mol.